The second-order valence-corrected chi connectivity index (χ2v) is 10.3. The van der Waals surface area contributed by atoms with Gasteiger partial charge in [-0.05, 0) is 60.0 Å². The Balaban J connectivity index is 1.34. The van der Waals surface area contributed by atoms with Gasteiger partial charge < -0.3 is 29.9 Å². The average molecular weight is 545 g/mol. The average Bonchev–Trinajstić information content (AvgIpc) is 2.94. The molecule has 4 rings (SSSR count). The van der Waals surface area contributed by atoms with E-state index in [-0.39, 0.29) is 18.3 Å². The molecule has 2 N–H and O–H groups in total. The number of anilines is 2. The molecule has 1 amide bonds. The Morgan fingerprint density at radius 1 is 0.900 bits per heavy atom. The van der Waals surface area contributed by atoms with E-state index in [4.69, 9.17) is 9.47 Å². The van der Waals surface area contributed by atoms with E-state index in [1.165, 1.54) is 7.11 Å². The van der Waals surface area contributed by atoms with Crippen LogP contribution in [0.15, 0.2) is 60.7 Å². The monoisotopic (exact) mass is 544 g/mol. The van der Waals surface area contributed by atoms with E-state index >= 15 is 0 Å². The maximum absolute atomic E-state index is 12.9. The van der Waals surface area contributed by atoms with Crippen molar-refractivity contribution in [3.63, 3.8) is 0 Å². The molecule has 3 aromatic carbocycles. The number of ether oxygens (including phenoxy) is 2. The van der Waals surface area contributed by atoms with Crippen molar-refractivity contribution in [2.45, 2.75) is 19.9 Å². The zero-order valence-corrected chi connectivity index (χ0v) is 24.0. The minimum atomic E-state index is -0.0562. The third-order valence-corrected chi connectivity index (χ3v) is 7.18. The molecule has 40 heavy (non-hydrogen) atoms. The molecule has 1 aliphatic rings. The van der Waals surface area contributed by atoms with Crippen LogP contribution in [0.25, 0.3) is 11.1 Å². The molecule has 0 saturated carbocycles. The van der Waals surface area contributed by atoms with Crippen LogP contribution in [0.1, 0.15) is 16.7 Å². The largest absolute Gasteiger partial charge is 0.495 e. The number of carbonyl (C=O) groups excluding carboxylic acids is 2. The number of ketones is 1. The SMILES string of the molecule is COCC(=O)CNCc1ccc(-c2ccc(CC(=O)Nc3ccc(OC)c(N4CCN(C)CC4)c3)cc2)c(C)c1. The lowest BCUT2D eigenvalue weighted by Gasteiger charge is -2.34. The van der Waals surface area contributed by atoms with Crippen LogP contribution in [0.4, 0.5) is 11.4 Å². The van der Waals surface area contributed by atoms with E-state index in [0.29, 0.717) is 19.5 Å². The van der Waals surface area contributed by atoms with E-state index in [1.54, 1.807) is 7.11 Å². The summed E-state index contributed by atoms with van der Waals surface area (Å²) in [4.78, 5) is 29.1. The van der Waals surface area contributed by atoms with Gasteiger partial charge in [0.1, 0.15) is 12.4 Å². The predicted molar refractivity (Wildman–Crippen MR) is 160 cm³/mol. The Hall–Kier alpha value is -3.72. The van der Waals surface area contributed by atoms with E-state index in [2.05, 4.69) is 64.7 Å². The standard InChI is InChI=1S/C32H40N4O4/c1-23-17-25(20-33-21-28(37)22-39-3)7-11-29(23)26-8-5-24(6-9-26)18-32(38)34-27-10-12-31(40-4)30(19-27)36-15-13-35(2)14-16-36/h5-12,17,19,33H,13-16,18,20-22H2,1-4H3,(H,34,38). The van der Waals surface area contributed by atoms with Crippen molar-refractivity contribution < 1.29 is 19.1 Å². The second-order valence-electron chi connectivity index (χ2n) is 10.3. The number of nitrogens with zero attached hydrogens (tertiary/aromatic N) is 2. The van der Waals surface area contributed by atoms with Gasteiger partial charge in [0, 0.05) is 45.5 Å². The van der Waals surface area contributed by atoms with Crippen molar-refractivity contribution >= 4 is 23.1 Å². The maximum Gasteiger partial charge on any atom is 0.228 e. The van der Waals surface area contributed by atoms with E-state index in [1.807, 2.05) is 30.3 Å². The number of Topliss-reactive ketones (excluding diaryl/α,β-unsaturated/α-hetero) is 1. The van der Waals surface area contributed by atoms with Gasteiger partial charge in [0.05, 0.1) is 25.8 Å². The summed E-state index contributed by atoms with van der Waals surface area (Å²) in [6, 6.07) is 20.3. The first-order valence-corrected chi connectivity index (χ1v) is 13.7. The summed E-state index contributed by atoms with van der Waals surface area (Å²) < 4.78 is 10.5. The van der Waals surface area contributed by atoms with Crippen LogP contribution in [0, 0.1) is 6.92 Å². The molecule has 1 aliphatic heterocycles. The van der Waals surface area contributed by atoms with Gasteiger partial charge in [-0.1, -0.05) is 42.5 Å². The number of carbonyl (C=O) groups is 2. The van der Waals surface area contributed by atoms with Crippen LogP contribution in [-0.4, -0.2) is 77.2 Å². The van der Waals surface area contributed by atoms with Gasteiger partial charge in [0.15, 0.2) is 5.78 Å². The molecule has 0 bridgehead atoms. The fraction of sp³-hybridized carbons (Fsp3) is 0.375. The Kier molecular flexibility index (Phi) is 10.3. The number of methoxy groups -OCH3 is 2. The minimum absolute atomic E-state index is 0.0315. The number of benzene rings is 3. The number of likely N-dealkylation sites (N-methyl/N-ethyl adjacent to an activating group) is 1. The predicted octanol–water partition coefficient (Wildman–Crippen LogP) is 3.91. The quantitative estimate of drug-likeness (QED) is 0.358. The summed E-state index contributed by atoms with van der Waals surface area (Å²) in [6.45, 7) is 6.96. The molecule has 0 aromatic heterocycles. The minimum Gasteiger partial charge on any atom is -0.495 e. The Labute approximate surface area is 237 Å². The van der Waals surface area contributed by atoms with Crippen molar-refractivity contribution in [2.24, 2.45) is 0 Å². The van der Waals surface area contributed by atoms with Crippen molar-refractivity contribution in [3.8, 4) is 16.9 Å². The lowest BCUT2D eigenvalue weighted by atomic mass is 9.97. The summed E-state index contributed by atoms with van der Waals surface area (Å²) in [5, 5.41) is 6.22. The first-order chi connectivity index (χ1) is 19.4. The third kappa shape index (κ3) is 7.91. The number of nitrogens with one attached hydrogen (secondary N) is 2. The van der Waals surface area contributed by atoms with Crippen molar-refractivity contribution in [1.82, 2.24) is 10.2 Å². The lowest BCUT2D eigenvalue weighted by Crippen LogP contribution is -2.44. The number of hydrogen-bond donors (Lipinski definition) is 2. The van der Waals surface area contributed by atoms with Crippen molar-refractivity contribution in [2.75, 3.05) is 70.8 Å². The highest BCUT2D eigenvalue weighted by molar-refractivity contribution is 5.93. The molecule has 1 fully saturated rings. The highest BCUT2D eigenvalue weighted by atomic mass is 16.5. The number of rotatable bonds is 12. The van der Waals surface area contributed by atoms with Crippen LogP contribution >= 0.6 is 0 Å². The van der Waals surface area contributed by atoms with Gasteiger partial charge in [-0.15, -0.1) is 0 Å². The van der Waals surface area contributed by atoms with Crippen LogP contribution in [0.2, 0.25) is 0 Å². The van der Waals surface area contributed by atoms with Gasteiger partial charge in [0.2, 0.25) is 5.91 Å². The zero-order chi connectivity index (χ0) is 28.5. The smallest absolute Gasteiger partial charge is 0.228 e. The summed E-state index contributed by atoms with van der Waals surface area (Å²) in [5.41, 5.74) is 7.25. The van der Waals surface area contributed by atoms with Crippen LogP contribution in [0.5, 0.6) is 5.75 Å². The van der Waals surface area contributed by atoms with Gasteiger partial charge in [-0.25, -0.2) is 0 Å². The molecule has 1 heterocycles. The van der Waals surface area contributed by atoms with Crippen molar-refractivity contribution in [1.29, 1.82) is 0 Å². The molecule has 1 saturated heterocycles. The van der Waals surface area contributed by atoms with Gasteiger partial charge in [-0.2, -0.15) is 0 Å². The van der Waals surface area contributed by atoms with E-state index in [0.717, 1.165) is 71.1 Å². The van der Waals surface area contributed by atoms with E-state index in [9.17, 15) is 9.59 Å². The number of piperazine rings is 1. The van der Waals surface area contributed by atoms with Gasteiger partial charge in [0.25, 0.3) is 0 Å². The summed E-state index contributed by atoms with van der Waals surface area (Å²) >= 11 is 0. The second kappa shape index (κ2) is 14.1. The highest BCUT2D eigenvalue weighted by Gasteiger charge is 2.18. The topological polar surface area (TPSA) is 83.1 Å². The molecule has 8 nitrogen and oxygen atoms in total. The number of aryl methyl sites for hydroxylation is 1. The molecule has 212 valence electrons. The first kappa shape index (κ1) is 29.3. The number of amides is 1. The molecular formula is C32H40N4O4. The lowest BCUT2D eigenvalue weighted by molar-refractivity contribution is -0.121. The van der Waals surface area contributed by atoms with Crippen LogP contribution in [0.3, 0.4) is 0 Å². The van der Waals surface area contributed by atoms with Crippen molar-refractivity contribution in [3.05, 3.63) is 77.4 Å². The Bertz CT molecular complexity index is 1300. The molecule has 8 heteroatoms. The first-order valence-electron chi connectivity index (χ1n) is 13.7. The number of hydrogen-bond acceptors (Lipinski definition) is 7. The normalized spacial score (nSPS) is 13.8. The van der Waals surface area contributed by atoms with E-state index < -0.39 is 0 Å². The van der Waals surface area contributed by atoms with Gasteiger partial charge >= 0.3 is 0 Å². The van der Waals surface area contributed by atoms with Gasteiger partial charge in [-0.3, -0.25) is 9.59 Å². The fourth-order valence-electron chi connectivity index (χ4n) is 4.97. The third-order valence-electron chi connectivity index (χ3n) is 7.18. The molecule has 0 radical (unpaired) electrons. The molecule has 0 spiro atoms. The summed E-state index contributed by atoms with van der Waals surface area (Å²) in [5.74, 6) is 0.790. The fourth-order valence-corrected chi connectivity index (χ4v) is 4.97. The highest BCUT2D eigenvalue weighted by Crippen LogP contribution is 2.32. The summed E-state index contributed by atoms with van der Waals surface area (Å²) in [6.07, 6.45) is 0.293. The molecular weight excluding hydrogens is 504 g/mol. The molecule has 3 aromatic rings. The molecule has 0 atom stereocenters. The Morgan fingerprint density at radius 3 is 2.30 bits per heavy atom. The maximum atomic E-state index is 12.9. The van der Waals surface area contributed by atoms with Crippen LogP contribution < -0.4 is 20.3 Å². The Morgan fingerprint density at radius 2 is 1.62 bits per heavy atom. The summed E-state index contributed by atoms with van der Waals surface area (Å²) in [7, 11) is 5.33. The van der Waals surface area contributed by atoms with Crippen LogP contribution in [-0.2, 0) is 27.3 Å². The zero-order valence-electron chi connectivity index (χ0n) is 24.0. The molecule has 0 aliphatic carbocycles. The molecule has 0 unspecified atom stereocenters.